The summed E-state index contributed by atoms with van der Waals surface area (Å²) in [5.41, 5.74) is 0.597. The van der Waals surface area contributed by atoms with Crippen LogP contribution in [0.1, 0.15) is 23.3 Å². The highest BCUT2D eigenvalue weighted by molar-refractivity contribution is 6.30. The van der Waals surface area contributed by atoms with Gasteiger partial charge in [-0.25, -0.2) is 0 Å². The number of aromatic nitrogens is 1. The van der Waals surface area contributed by atoms with E-state index in [2.05, 4.69) is 10.3 Å². The Morgan fingerprint density at radius 3 is 3.00 bits per heavy atom. The van der Waals surface area contributed by atoms with Crippen LogP contribution in [-0.4, -0.2) is 41.5 Å². The van der Waals surface area contributed by atoms with Crippen molar-refractivity contribution < 1.29 is 4.79 Å². The lowest BCUT2D eigenvalue weighted by Crippen LogP contribution is -2.46. The summed E-state index contributed by atoms with van der Waals surface area (Å²) < 4.78 is 0. The molecule has 0 aliphatic carbocycles. The van der Waals surface area contributed by atoms with Crippen LogP contribution in [-0.2, 0) is 0 Å². The lowest BCUT2D eigenvalue weighted by molar-refractivity contribution is 0.0657. The third-order valence-corrected chi connectivity index (χ3v) is 4.04. The van der Waals surface area contributed by atoms with E-state index in [0.29, 0.717) is 22.7 Å². The Kier molecular flexibility index (Phi) is 4.20. The molecule has 0 saturated carbocycles. The van der Waals surface area contributed by atoms with Gasteiger partial charge < -0.3 is 15.2 Å². The Hall–Kier alpha value is -0.710. The molecule has 2 aliphatic heterocycles. The molecule has 0 radical (unpaired) electrons. The first-order chi connectivity index (χ1) is 8.24. The van der Waals surface area contributed by atoms with Gasteiger partial charge in [0.1, 0.15) is 5.69 Å². The molecule has 2 unspecified atom stereocenters. The van der Waals surface area contributed by atoms with Gasteiger partial charge >= 0.3 is 0 Å². The Morgan fingerprint density at radius 1 is 1.44 bits per heavy atom. The standard InChI is InChI=1S/C12H16ClN3O.ClH/c13-9-5-11(15-6-9)12(17)16-4-2-10-8(7-16)1-3-14-10;/h5-6,8,10,14-15H,1-4,7H2;1H. The van der Waals surface area contributed by atoms with E-state index >= 15 is 0 Å². The fraction of sp³-hybridized carbons (Fsp3) is 0.583. The fourth-order valence-electron chi connectivity index (χ4n) is 2.89. The van der Waals surface area contributed by atoms with Gasteiger partial charge in [0.05, 0.1) is 5.02 Å². The van der Waals surface area contributed by atoms with Crippen molar-refractivity contribution >= 4 is 29.9 Å². The first-order valence-electron chi connectivity index (χ1n) is 6.10. The SMILES string of the molecule is Cl.O=C(c1cc(Cl)c[nH]1)N1CCC2NCCC2C1. The second-order valence-corrected chi connectivity index (χ2v) is 5.32. The Balaban J connectivity index is 0.00000120. The van der Waals surface area contributed by atoms with E-state index in [0.717, 1.165) is 26.1 Å². The predicted molar refractivity (Wildman–Crippen MR) is 73.5 cm³/mol. The van der Waals surface area contributed by atoms with Gasteiger partial charge in [0.15, 0.2) is 0 Å². The molecule has 1 aromatic rings. The summed E-state index contributed by atoms with van der Waals surface area (Å²) in [6, 6.07) is 2.31. The van der Waals surface area contributed by atoms with Crippen LogP contribution in [0.3, 0.4) is 0 Å². The summed E-state index contributed by atoms with van der Waals surface area (Å²) in [7, 11) is 0. The summed E-state index contributed by atoms with van der Waals surface area (Å²) in [4.78, 5) is 17.1. The number of nitrogens with zero attached hydrogens (tertiary/aromatic N) is 1. The van der Waals surface area contributed by atoms with Crippen LogP contribution in [0.25, 0.3) is 0 Å². The quantitative estimate of drug-likeness (QED) is 0.830. The van der Waals surface area contributed by atoms with Gasteiger partial charge in [-0.15, -0.1) is 12.4 Å². The van der Waals surface area contributed by atoms with Gasteiger partial charge in [-0.3, -0.25) is 4.79 Å². The van der Waals surface area contributed by atoms with Gasteiger partial charge in [-0.2, -0.15) is 0 Å². The second-order valence-electron chi connectivity index (χ2n) is 4.88. The van der Waals surface area contributed by atoms with Crippen molar-refractivity contribution in [3.8, 4) is 0 Å². The van der Waals surface area contributed by atoms with E-state index < -0.39 is 0 Å². The van der Waals surface area contributed by atoms with Gasteiger partial charge in [0.25, 0.3) is 5.91 Å². The Bertz CT molecular complexity index is 435. The van der Waals surface area contributed by atoms with Crippen LogP contribution in [0.4, 0.5) is 0 Å². The maximum Gasteiger partial charge on any atom is 0.270 e. The molecular weight excluding hydrogens is 273 g/mol. The van der Waals surface area contributed by atoms with Crippen molar-refractivity contribution in [3.63, 3.8) is 0 Å². The van der Waals surface area contributed by atoms with Crippen molar-refractivity contribution in [3.05, 3.63) is 23.0 Å². The molecule has 1 amide bonds. The molecule has 2 saturated heterocycles. The molecule has 0 spiro atoms. The molecule has 2 fully saturated rings. The smallest absolute Gasteiger partial charge is 0.270 e. The Morgan fingerprint density at radius 2 is 2.28 bits per heavy atom. The second kappa shape index (κ2) is 5.51. The van der Waals surface area contributed by atoms with Crippen molar-refractivity contribution in [1.29, 1.82) is 0 Å². The number of rotatable bonds is 1. The van der Waals surface area contributed by atoms with E-state index in [1.54, 1.807) is 12.3 Å². The normalized spacial score (nSPS) is 26.6. The number of carbonyl (C=O) groups is 1. The van der Waals surface area contributed by atoms with Crippen molar-refractivity contribution in [2.24, 2.45) is 5.92 Å². The topological polar surface area (TPSA) is 48.1 Å². The highest BCUT2D eigenvalue weighted by atomic mass is 35.5. The number of aromatic amines is 1. The fourth-order valence-corrected chi connectivity index (χ4v) is 3.06. The first kappa shape index (κ1) is 13.7. The third-order valence-electron chi connectivity index (χ3n) is 3.82. The molecule has 2 N–H and O–H groups in total. The van der Waals surface area contributed by atoms with Crippen LogP contribution in [0, 0.1) is 5.92 Å². The molecule has 3 rings (SSSR count). The van der Waals surface area contributed by atoms with E-state index in [-0.39, 0.29) is 18.3 Å². The molecular formula is C12H17Cl2N3O. The summed E-state index contributed by atoms with van der Waals surface area (Å²) in [5, 5.41) is 4.08. The molecule has 1 aromatic heterocycles. The number of hydrogen-bond donors (Lipinski definition) is 2. The summed E-state index contributed by atoms with van der Waals surface area (Å²) in [6.45, 7) is 2.79. The van der Waals surface area contributed by atoms with Crippen LogP contribution >= 0.6 is 24.0 Å². The number of carbonyl (C=O) groups excluding carboxylic acids is 1. The minimum Gasteiger partial charge on any atom is -0.356 e. The molecule has 3 heterocycles. The Labute approximate surface area is 117 Å². The summed E-state index contributed by atoms with van der Waals surface area (Å²) in [5.74, 6) is 0.695. The molecule has 2 aliphatic rings. The van der Waals surface area contributed by atoms with Gasteiger partial charge in [0, 0.05) is 25.3 Å². The molecule has 0 bridgehead atoms. The molecule has 100 valence electrons. The monoisotopic (exact) mass is 289 g/mol. The lowest BCUT2D eigenvalue weighted by atomic mass is 9.93. The summed E-state index contributed by atoms with van der Waals surface area (Å²) >= 11 is 5.82. The molecule has 4 nitrogen and oxygen atoms in total. The van der Waals surface area contributed by atoms with Crippen molar-refractivity contribution in [2.75, 3.05) is 19.6 Å². The van der Waals surface area contributed by atoms with Crippen molar-refractivity contribution in [2.45, 2.75) is 18.9 Å². The van der Waals surface area contributed by atoms with Crippen LogP contribution in [0.2, 0.25) is 5.02 Å². The van der Waals surface area contributed by atoms with Crippen LogP contribution in [0.15, 0.2) is 12.3 Å². The number of piperidine rings is 1. The zero-order valence-electron chi connectivity index (χ0n) is 9.99. The lowest BCUT2D eigenvalue weighted by Gasteiger charge is -2.34. The van der Waals surface area contributed by atoms with Gasteiger partial charge in [-0.1, -0.05) is 11.6 Å². The minimum absolute atomic E-state index is 0. The van der Waals surface area contributed by atoms with Gasteiger partial charge in [0.2, 0.25) is 0 Å². The number of hydrogen-bond acceptors (Lipinski definition) is 2. The van der Waals surface area contributed by atoms with Gasteiger partial charge in [-0.05, 0) is 31.4 Å². The molecule has 2 atom stereocenters. The highest BCUT2D eigenvalue weighted by Crippen LogP contribution is 2.25. The molecule has 18 heavy (non-hydrogen) atoms. The average molecular weight is 290 g/mol. The average Bonchev–Trinajstić information content (AvgIpc) is 2.95. The zero-order chi connectivity index (χ0) is 11.8. The minimum atomic E-state index is 0. The maximum atomic E-state index is 12.2. The maximum absolute atomic E-state index is 12.2. The third kappa shape index (κ3) is 2.51. The van der Waals surface area contributed by atoms with Crippen LogP contribution < -0.4 is 5.32 Å². The number of halogens is 2. The van der Waals surface area contributed by atoms with E-state index in [1.165, 1.54) is 6.42 Å². The number of nitrogens with one attached hydrogen (secondary N) is 2. The van der Waals surface area contributed by atoms with E-state index in [1.807, 2.05) is 4.90 Å². The number of fused-ring (bicyclic) bond motifs is 1. The highest BCUT2D eigenvalue weighted by Gasteiger charge is 2.34. The van der Waals surface area contributed by atoms with Crippen LogP contribution in [0.5, 0.6) is 0 Å². The predicted octanol–water partition coefficient (Wildman–Crippen LogP) is 1.91. The number of likely N-dealkylation sites (tertiary alicyclic amines) is 1. The largest absolute Gasteiger partial charge is 0.356 e. The van der Waals surface area contributed by atoms with Crippen molar-refractivity contribution in [1.82, 2.24) is 15.2 Å². The molecule has 0 aromatic carbocycles. The first-order valence-corrected chi connectivity index (χ1v) is 6.48. The summed E-state index contributed by atoms with van der Waals surface area (Å²) in [6.07, 6.45) is 3.89. The van der Waals surface area contributed by atoms with E-state index in [4.69, 9.17) is 11.6 Å². The number of amides is 1. The zero-order valence-corrected chi connectivity index (χ0v) is 11.6. The van der Waals surface area contributed by atoms with E-state index in [9.17, 15) is 4.79 Å². The molecule has 6 heteroatoms. The number of H-pyrrole nitrogens is 1.